The van der Waals surface area contributed by atoms with Crippen molar-refractivity contribution in [3.8, 4) is 11.5 Å². The number of sulfonamides is 1. The van der Waals surface area contributed by atoms with Crippen LogP contribution in [0.25, 0.3) is 0 Å². The number of methoxy groups -OCH3 is 2. The van der Waals surface area contributed by atoms with Crippen molar-refractivity contribution in [1.29, 1.82) is 0 Å². The van der Waals surface area contributed by atoms with E-state index in [1.54, 1.807) is 0 Å². The third-order valence-corrected chi connectivity index (χ3v) is 5.23. The molecule has 0 saturated heterocycles. The number of aromatic carboxylic acids is 1. The Bertz CT molecular complexity index is 1020. The van der Waals surface area contributed by atoms with Gasteiger partial charge in [-0.15, -0.1) is 0 Å². The fraction of sp³-hybridized carbons (Fsp3) is 0.278. The van der Waals surface area contributed by atoms with Gasteiger partial charge in [0.05, 0.1) is 35.4 Å². The molecule has 164 valence electrons. The zero-order valence-corrected chi connectivity index (χ0v) is 16.6. The Morgan fingerprint density at radius 1 is 1.10 bits per heavy atom. The molecule has 0 aromatic heterocycles. The summed E-state index contributed by atoms with van der Waals surface area (Å²) in [5, 5.41) is 9.41. The van der Waals surface area contributed by atoms with Crippen molar-refractivity contribution < 1.29 is 45.7 Å². The highest BCUT2D eigenvalue weighted by atomic mass is 32.2. The standard InChI is InChI=1S/C18H18F3NO7S/c1-27-7-8-29-15-10-13(11(17(23)24)9-14(15)28-2)22-30(25,26)16-6-4-3-5-12(16)18(19,20)21/h3-6,9-10,22H,7-8H2,1-2H3,(H,23,24). The first-order valence-corrected chi connectivity index (χ1v) is 9.75. The summed E-state index contributed by atoms with van der Waals surface area (Å²) in [5.74, 6) is -1.57. The molecule has 0 bridgehead atoms. The molecular formula is C18H18F3NO7S. The van der Waals surface area contributed by atoms with E-state index < -0.39 is 43.9 Å². The maximum absolute atomic E-state index is 13.2. The Morgan fingerprint density at radius 3 is 2.33 bits per heavy atom. The molecule has 12 heteroatoms. The average Bonchev–Trinajstić information content (AvgIpc) is 2.67. The highest BCUT2D eigenvalue weighted by Crippen LogP contribution is 2.37. The molecule has 8 nitrogen and oxygen atoms in total. The second-order valence-electron chi connectivity index (χ2n) is 5.79. The fourth-order valence-electron chi connectivity index (χ4n) is 2.46. The van der Waals surface area contributed by atoms with Crippen LogP contribution in [0.3, 0.4) is 0 Å². The summed E-state index contributed by atoms with van der Waals surface area (Å²) in [7, 11) is -2.13. The van der Waals surface area contributed by atoms with Gasteiger partial charge in [-0.25, -0.2) is 13.2 Å². The van der Waals surface area contributed by atoms with Crippen LogP contribution in [0.4, 0.5) is 18.9 Å². The molecular weight excluding hydrogens is 431 g/mol. The van der Waals surface area contributed by atoms with Gasteiger partial charge in [0.25, 0.3) is 10.0 Å². The monoisotopic (exact) mass is 449 g/mol. The van der Waals surface area contributed by atoms with Crippen LogP contribution in [0.5, 0.6) is 11.5 Å². The third-order valence-electron chi connectivity index (χ3n) is 3.81. The Kier molecular flexibility index (Phi) is 7.16. The molecule has 2 aromatic rings. The number of hydrogen-bond acceptors (Lipinski definition) is 6. The maximum atomic E-state index is 13.2. The van der Waals surface area contributed by atoms with Gasteiger partial charge >= 0.3 is 12.1 Å². The van der Waals surface area contributed by atoms with Gasteiger partial charge in [-0.2, -0.15) is 13.2 Å². The molecule has 2 aromatic carbocycles. The minimum Gasteiger partial charge on any atom is -0.493 e. The van der Waals surface area contributed by atoms with Crippen molar-refractivity contribution >= 4 is 21.7 Å². The van der Waals surface area contributed by atoms with E-state index >= 15 is 0 Å². The number of carboxylic acids is 1. The summed E-state index contributed by atoms with van der Waals surface area (Å²) >= 11 is 0. The molecule has 0 spiro atoms. The van der Waals surface area contributed by atoms with Crippen molar-refractivity contribution in [2.24, 2.45) is 0 Å². The molecule has 0 amide bonds. The predicted octanol–water partition coefficient (Wildman–Crippen LogP) is 3.24. The first-order chi connectivity index (χ1) is 14.0. The van der Waals surface area contributed by atoms with Crippen molar-refractivity contribution in [3.05, 3.63) is 47.5 Å². The molecule has 2 rings (SSSR count). The lowest BCUT2D eigenvalue weighted by atomic mass is 10.1. The van der Waals surface area contributed by atoms with Crippen LogP contribution in [0.15, 0.2) is 41.3 Å². The van der Waals surface area contributed by atoms with E-state index in [9.17, 15) is 31.5 Å². The summed E-state index contributed by atoms with van der Waals surface area (Å²) in [4.78, 5) is 10.5. The molecule has 0 radical (unpaired) electrons. The summed E-state index contributed by atoms with van der Waals surface area (Å²) in [5.41, 5.74) is -2.42. The number of alkyl halides is 3. The number of benzene rings is 2. The number of ether oxygens (including phenoxy) is 3. The van der Waals surface area contributed by atoms with Gasteiger partial charge in [0.15, 0.2) is 11.5 Å². The van der Waals surface area contributed by atoms with Gasteiger partial charge in [-0.1, -0.05) is 12.1 Å². The Labute approximate surface area is 170 Å². The zero-order chi connectivity index (χ0) is 22.5. The van der Waals surface area contributed by atoms with E-state index in [-0.39, 0.29) is 24.7 Å². The third kappa shape index (κ3) is 5.33. The van der Waals surface area contributed by atoms with Crippen LogP contribution in [0.1, 0.15) is 15.9 Å². The molecule has 2 N–H and O–H groups in total. The van der Waals surface area contributed by atoms with Crippen LogP contribution in [0, 0.1) is 0 Å². The van der Waals surface area contributed by atoms with Gasteiger partial charge in [-0.05, 0) is 12.1 Å². The van der Waals surface area contributed by atoms with Crippen molar-refractivity contribution in [2.75, 3.05) is 32.2 Å². The van der Waals surface area contributed by atoms with Crippen LogP contribution in [-0.4, -0.2) is 46.9 Å². The highest BCUT2D eigenvalue weighted by molar-refractivity contribution is 7.92. The largest absolute Gasteiger partial charge is 0.493 e. The summed E-state index contributed by atoms with van der Waals surface area (Å²) in [6, 6.07) is 5.56. The fourth-order valence-corrected chi connectivity index (χ4v) is 3.76. The first-order valence-electron chi connectivity index (χ1n) is 8.27. The zero-order valence-electron chi connectivity index (χ0n) is 15.8. The molecule has 0 heterocycles. The van der Waals surface area contributed by atoms with Gasteiger partial charge in [0.2, 0.25) is 0 Å². The van der Waals surface area contributed by atoms with Crippen LogP contribution < -0.4 is 14.2 Å². The summed E-state index contributed by atoms with van der Waals surface area (Å²) < 4.78 is 82.2. The molecule has 0 atom stereocenters. The molecule has 0 aliphatic rings. The molecule has 0 fully saturated rings. The summed E-state index contributed by atoms with van der Waals surface area (Å²) in [6.45, 7) is 0.201. The number of hydrogen-bond donors (Lipinski definition) is 2. The Balaban J connectivity index is 2.55. The number of nitrogens with one attached hydrogen (secondary N) is 1. The number of carboxylic acid groups (broad SMARTS) is 1. The molecule has 0 aliphatic heterocycles. The topological polar surface area (TPSA) is 111 Å². The predicted molar refractivity (Wildman–Crippen MR) is 99.6 cm³/mol. The lowest BCUT2D eigenvalue weighted by Crippen LogP contribution is -2.20. The first kappa shape index (κ1) is 23.3. The van der Waals surface area contributed by atoms with Gasteiger partial charge < -0.3 is 19.3 Å². The number of anilines is 1. The van der Waals surface area contributed by atoms with E-state index in [0.29, 0.717) is 6.07 Å². The van der Waals surface area contributed by atoms with Crippen LogP contribution in [-0.2, 0) is 20.9 Å². The van der Waals surface area contributed by atoms with Gasteiger partial charge in [0, 0.05) is 19.2 Å². The number of carbonyl (C=O) groups is 1. The number of rotatable bonds is 9. The molecule has 0 unspecified atom stereocenters. The second kappa shape index (κ2) is 9.22. The molecule has 0 saturated carbocycles. The van der Waals surface area contributed by atoms with Gasteiger partial charge in [0.1, 0.15) is 6.61 Å². The van der Waals surface area contributed by atoms with Crippen LogP contribution >= 0.6 is 0 Å². The average molecular weight is 449 g/mol. The van der Waals surface area contributed by atoms with E-state index in [4.69, 9.17) is 14.2 Å². The van der Waals surface area contributed by atoms with Crippen molar-refractivity contribution in [3.63, 3.8) is 0 Å². The lowest BCUT2D eigenvalue weighted by Gasteiger charge is -2.17. The van der Waals surface area contributed by atoms with E-state index in [1.807, 2.05) is 4.72 Å². The quantitative estimate of drug-likeness (QED) is 0.566. The van der Waals surface area contributed by atoms with Crippen LogP contribution in [0.2, 0.25) is 0 Å². The molecule has 0 aliphatic carbocycles. The van der Waals surface area contributed by atoms with Gasteiger partial charge in [-0.3, -0.25) is 4.72 Å². The maximum Gasteiger partial charge on any atom is 0.417 e. The van der Waals surface area contributed by atoms with E-state index in [1.165, 1.54) is 14.2 Å². The number of halogens is 3. The normalized spacial score (nSPS) is 11.8. The minimum absolute atomic E-state index is 0.0119. The Morgan fingerprint density at radius 2 is 1.77 bits per heavy atom. The molecule has 30 heavy (non-hydrogen) atoms. The SMILES string of the molecule is COCCOc1cc(NS(=O)(=O)c2ccccc2C(F)(F)F)c(C(=O)O)cc1OC. The minimum atomic E-state index is -4.94. The van der Waals surface area contributed by atoms with Crippen molar-refractivity contribution in [1.82, 2.24) is 0 Å². The summed E-state index contributed by atoms with van der Waals surface area (Å²) in [6.07, 6.45) is -4.94. The smallest absolute Gasteiger partial charge is 0.417 e. The van der Waals surface area contributed by atoms with E-state index in [2.05, 4.69) is 0 Å². The van der Waals surface area contributed by atoms with Crippen molar-refractivity contribution in [2.45, 2.75) is 11.1 Å². The van der Waals surface area contributed by atoms with E-state index in [0.717, 1.165) is 30.3 Å². The highest BCUT2D eigenvalue weighted by Gasteiger charge is 2.37. The second-order valence-corrected chi connectivity index (χ2v) is 7.45. The lowest BCUT2D eigenvalue weighted by molar-refractivity contribution is -0.139. The Hall–Kier alpha value is -2.99.